The molecule has 5 nitrogen and oxygen atoms in total. The number of unbranched alkanes of at least 4 members (excludes halogenated alkanes) is 4. The smallest absolute Gasteiger partial charge is 0.306 e. The van der Waals surface area contributed by atoms with Crippen molar-refractivity contribution in [3.8, 4) is 0 Å². The Morgan fingerprint density at radius 1 is 1.14 bits per heavy atom. The quantitative estimate of drug-likeness (QED) is 0.0925. The van der Waals surface area contributed by atoms with E-state index in [2.05, 4.69) is 9.47 Å². The summed E-state index contributed by atoms with van der Waals surface area (Å²) in [5.74, 6) is -5.69. The van der Waals surface area contributed by atoms with Crippen LogP contribution in [0, 0.1) is 11.8 Å². The fourth-order valence-corrected chi connectivity index (χ4v) is 5.40. The molecule has 2 unspecified atom stereocenters. The van der Waals surface area contributed by atoms with Gasteiger partial charge in [-0.3, -0.25) is 14.4 Å². The standard InChI is InChI=1S/C27H38ClF2O5P/c1-2-3-15-27(29,30)26(33)22(28)16-21-20(23(31)17-24(21)35-36)13-9-4-5-10-14-25(32)34-18-19-11-7-6-8-12-19/h6-8,11-12,20-22,24H,2-5,9-10,13-18,36H2,1H3/t20-,21-,22?,24-/m1/s1. The predicted molar refractivity (Wildman–Crippen MR) is 139 cm³/mol. The molecule has 0 bridgehead atoms. The Kier molecular flexibility index (Phi) is 13.5. The van der Waals surface area contributed by atoms with Crippen molar-refractivity contribution in [1.29, 1.82) is 0 Å². The van der Waals surface area contributed by atoms with Gasteiger partial charge in [0.1, 0.15) is 12.4 Å². The molecule has 0 saturated heterocycles. The molecule has 0 amide bonds. The first-order valence-corrected chi connectivity index (χ1v) is 13.7. The van der Waals surface area contributed by atoms with E-state index in [9.17, 15) is 23.2 Å². The van der Waals surface area contributed by atoms with Crippen LogP contribution in [0.2, 0.25) is 0 Å². The van der Waals surface area contributed by atoms with Gasteiger partial charge in [0.25, 0.3) is 0 Å². The third-order valence-electron chi connectivity index (χ3n) is 6.84. The number of hydrogen-bond acceptors (Lipinski definition) is 5. The van der Waals surface area contributed by atoms with Gasteiger partial charge in [0.2, 0.25) is 5.78 Å². The van der Waals surface area contributed by atoms with Gasteiger partial charge in [-0.05, 0) is 37.2 Å². The summed E-state index contributed by atoms with van der Waals surface area (Å²) >= 11 is 6.16. The lowest BCUT2D eigenvalue weighted by Crippen LogP contribution is -2.38. The van der Waals surface area contributed by atoms with Crippen LogP contribution < -0.4 is 0 Å². The van der Waals surface area contributed by atoms with E-state index in [1.807, 2.05) is 30.3 Å². The second-order valence-corrected chi connectivity index (χ2v) is 10.4. The van der Waals surface area contributed by atoms with Gasteiger partial charge in [-0.1, -0.05) is 62.9 Å². The molecule has 1 aliphatic carbocycles. The van der Waals surface area contributed by atoms with E-state index in [1.165, 1.54) is 0 Å². The zero-order valence-electron chi connectivity index (χ0n) is 20.9. The van der Waals surface area contributed by atoms with Crippen molar-refractivity contribution in [3.63, 3.8) is 0 Å². The summed E-state index contributed by atoms with van der Waals surface area (Å²) in [6, 6.07) is 9.49. The fourth-order valence-electron chi connectivity index (χ4n) is 4.73. The van der Waals surface area contributed by atoms with E-state index in [0.717, 1.165) is 24.8 Å². The number of alkyl halides is 3. The van der Waals surface area contributed by atoms with E-state index in [-0.39, 0.29) is 49.5 Å². The number of Topliss-reactive ketones (excluding diaryl/α,β-unsaturated/α-hetero) is 2. The van der Waals surface area contributed by atoms with Crippen LogP contribution in [-0.2, 0) is 30.3 Å². The highest BCUT2D eigenvalue weighted by atomic mass is 35.5. The summed E-state index contributed by atoms with van der Waals surface area (Å²) < 4.78 is 39.1. The van der Waals surface area contributed by atoms with Gasteiger partial charge < -0.3 is 9.26 Å². The molecule has 5 atom stereocenters. The van der Waals surface area contributed by atoms with Gasteiger partial charge in [0, 0.05) is 34.6 Å². The number of ketones is 2. The Hall–Kier alpha value is -1.43. The van der Waals surface area contributed by atoms with Crippen molar-refractivity contribution >= 4 is 38.6 Å². The number of carbonyl (C=O) groups is 3. The Bertz CT molecular complexity index is 839. The van der Waals surface area contributed by atoms with Gasteiger partial charge in [0.05, 0.1) is 11.5 Å². The highest BCUT2D eigenvalue weighted by Crippen LogP contribution is 2.40. The summed E-state index contributed by atoms with van der Waals surface area (Å²) in [5, 5.41) is -1.36. The average molecular weight is 547 g/mol. The van der Waals surface area contributed by atoms with Crippen LogP contribution in [0.4, 0.5) is 8.78 Å². The molecule has 1 aliphatic rings. The minimum atomic E-state index is -3.46. The monoisotopic (exact) mass is 546 g/mol. The lowest BCUT2D eigenvalue weighted by Gasteiger charge is -2.26. The molecule has 36 heavy (non-hydrogen) atoms. The van der Waals surface area contributed by atoms with E-state index in [1.54, 1.807) is 6.92 Å². The Morgan fingerprint density at radius 2 is 1.83 bits per heavy atom. The van der Waals surface area contributed by atoms with Gasteiger partial charge >= 0.3 is 11.9 Å². The van der Waals surface area contributed by atoms with Gasteiger partial charge in [0.15, 0.2) is 0 Å². The summed E-state index contributed by atoms with van der Waals surface area (Å²) in [7, 11) is 2.14. The third-order valence-corrected chi connectivity index (χ3v) is 7.57. The van der Waals surface area contributed by atoms with E-state index in [0.29, 0.717) is 25.7 Å². The maximum absolute atomic E-state index is 14.2. The lowest BCUT2D eigenvalue weighted by molar-refractivity contribution is -0.145. The lowest BCUT2D eigenvalue weighted by atomic mass is 9.84. The molecule has 0 aromatic heterocycles. The highest BCUT2D eigenvalue weighted by molar-refractivity contribution is 7.09. The molecule has 0 aliphatic heterocycles. The van der Waals surface area contributed by atoms with E-state index < -0.39 is 29.6 Å². The summed E-state index contributed by atoms with van der Waals surface area (Å²) in [4.78, 5) is 36.8. The molecule has 1 saturated carbocycles. The first-order valence-electron chi connectivity index (χ1n) is 12.8. The van der Waals surface area contributed by atoms with Gasteiger partial charge in [-0.25, -0.2) is 0 Å². The maximum atomic E-state index is 14.2. The first kappa shape index (κ1) is 30.8. The van der Waals surface area contributed by atoms with Crippen LogP contribution in [0.3, 0.4) is 0 Å². The summed E-state index contributed by atoms with van der Waals surface area (Å²) in [6.45, 7) is 2.05. The summed E-state index contributed by atoms with van der Waals surface area (Å²) in [6.07, 6.45) is 4.03. The molecule has 0 spiro atoms. The van der Waals surface area contributed by atoms with Crippen LogP contribution in [0.25, 0.3) is 0 Å². The number of benzene rings is 1. The van der Waals surface area contributed by atoms with Crippen molar-refractivity contribution in [2.45, 2.75) is 102 Å². The number of carbonyl (C=O) groups excluding carboxylic acids is 3. The Labute approximate surface area is 220 Å². The Balaban J connectivity index is 1.75. The van der Waals surface area contributed by atoms with Crippen molar-refractivity contribution in [3.05, 3.63) is 35.9 Å². The molecule has 1 aromatic carbocycles. The topological polar surface area (TPSA) is 69.7 Å². The second kappa shape index (κ2) is 15.7. The van der Waals surface area contributed by atoms with Crippen molar-refractivity contribution in [2.75, 3.05) is 0 Å². The van der Waals surface area contributed by atoms with E-state index >= 15 is 0 Å². The normalized spacial score (nSPS) is 20.9. The fraction of sp³-hybridized carbons (Fsp3) is 0.667. The molecule has 0 radical (unpaired) electrons. The SMILES string of the molecule is CCCCC(F)(F)C(=O)C(Cl)C[C@H]1[C@H](OP)CC(=O)[C@@H]1CCCCCCC(=O)OCc1ccccc1. The zero-order valence-corrected chi connectivity index (χ0v) is 22.8. The maximum Gasteiger partial charge on any atom is 0.306 e. The first-order chi connectivity index (χ1) is 17.2. The molecule has 2 rings (SSSR count). The third kappa shape index (κ3) is 9.79. The predicted octanol–water partition coefficient (Wildman–Crippen LogP) is 6.84. The molecule has 1 aromatic rings. The molecule has 202 valence electrons. The molecular formula is C27H38ClF2O5P. The molecule has 1 fully saturated rings. The zero-order chi connectivity index (χ0) is 26.6. The van der Waals surface area contributed by atoms with Crippen molar-refractivity contribution in [1.82, 2.24) is 0 Å². The van der Waals surface area contributed by atoms with Crippen molar-refractivity contribution < 1.29 is 32.4 Å². The number of rotatable bonds is 17. The second-order valence-electron chi connectivity index (χ2n) is 9.59. The minimum absolute atomic E-state index is 0.00910. The average Bonchev–Trinajstić information content (AvgIpc) is 3.17. The molecule has 0 heterocycles. The number of esters is 1. The minimum Gasteiger partial charge on any atom is -0.461 e. The number of hydrogen-bond donors (Lipinski definition) is 0. The van der Waals surface area contributed by atoms with E-state index in [4.69, 9.17) is 20.9 Å². The van der Waals surface area contributed by atoms with Crippen LogP contribution in [0.15, 0.2) is 30.3 Å². The van der Waals surface area contributed by atoms with Crippen LogP contribution in [0.5, 0.6) is 0 Å². The van der Waals surface area contributed by atoms with Crippen LogP contribution >= 0.6 is 21.1 Å². The Morgan fingerprint density at radius 3 is 2.50 bits per heavy atom. The van der Waals surface area contributed by atoms with Gasteiger partial charge in [-0.2, -0.15) is 8.78 Å². The number of halogens is 3. The van der Waals surface area contributed by atoms with Gasteiger partial charge in [-0.15, -0.1) is 11.6 Å². The summed E-state index contributed by atoms with van der Waals surface area (Å²) in [5.41, 5.74) is 0.944. The molecular weight excluding hydrogens is 509 g/mol. The molecule has 9 heteroatoms. The largest absolute Gasteiger partial charge is 0.461 e. The van der Waals surface area contributed by atoms with Crippen LogP contribution in [0.1, 0.15) is 83.1 Å². The van der Waals surface area contributed by atoms with Crippen molar-refractivity contribution in [2.24, 2.45) is 11.8 Å². The molecule has 0 N–H and O–H groups in total. The highest BCUT2D eigenvalue weighted by Gasteiger charge is 2.47. The number of ether oxygens (including phenoxy) is 1. The van der Waals surface area contributed by atoms with Crippen LogP contribution in [-0.4, -0.2) is 34.9 Å².